The Morgan fingerprint density at radius 1 is 0.857 bits per heavy atom. The summed E-state index contributed by atoms with van der Waals surface area (Å²) >= 11 is 11.9. The predicted octanol–water partition coefficient (Wildman–Crippen LogP) is 4.98. The maximum atomic E-state index is 12.6. The summed E-state index contributed by atoms with van der Waals surface area (Å²) in [4.78, 5) is 12.4. The van der Waals surface area contributed by atoms with Crippen LogP contribution in [0.1, 0.15) is 12.8 Å². The summed E-state index contributed by atoms with van der Waals surface area (Å²) in [6, 6.07) is 18.5. The Bertz CT molecular complexity index is 1410. The first kappa shape index (κ1) is 26.8. The van der Waals surface area contributed by atoms with E-state index in [0.717, 1.165) is 6.26 Å². The maximum absolute atomic E-state index is 12.6. The van der Waals surface area contributed by atoms with Crippen molar-refractivity contribution < 1.29 is 21.6 Å². The number of sulfonamides is 2. The molecule has 3 aromatic carbocycles. The van der Waals surface area contributed by atoms with E-state index in [-0.39, 0.29) is 30.2 Å². The Labute approximate surface area is 215 Å². The van der Waals surface area contributed by atoms with Crippen LogP contribution in [0, 0.1) is 0 Å². The first-order chi connectivity index (χ1) is 16.4. The molecule has 0 saturated carbocycles. The number of nitrogens with zero attached hydrogens (tertiary/aromatic N) is 1. The van der Waals surface area contributed by atoms with Crippen molar-refractivity contribution in [2.24, 2.45) is 0 Å². The smallest absolute Gasteiger partial charge is 0.261 e. The van der Waals surface area contributed by atoms with Crippen molar-refractivity contribution in [3.8, 4) is 0 Å². The highest BCUT2D eigenvalue weighted by atomic mass is 35.5. The second kappa shape index (κ2) is 11.3. The van der Waals surface area contributed by atoms with E-state index in [1.54, 1.807) is 42.5 Å². The zero-order chi connectivity index (χ0) is 25.6. The SMILES string of the molecule is CS(=O)(=O)N(CCCC(=O)Nc1ccc(S(=O)(=O)Nc2cccc(Cl)c2)cc1)c1cccc(Cl)c1. The van der Waals surface area contributed by atoms with Gasteiger partial charge in [-0.25, -0.2) is 16.8 Å². The Balaban J connectivity index is 1.57. The van der Waals surface area contributed by atoms with Crippen LogP contribution in [-0.2, 0) is 24.8 Å². The molecular formula is C23H23Cl2N3O5S2. The van der Waals surface area contributed by atoms with E-state index < -0.39 is 20.0 Å². The molecule has 8 nitrogen and oxygen atoms in total. The van der Waals surface area contributed by atoms with Gasteiger partial charge in [-0.2, -0.15) is 0 Å². The lowest BCUT2D eigenvalue weighted by Crippen LogP contribution is -2.31. The molecule has 0 aliphatic rings. The molecule has 0 fully saturated rings. The van der Waals surface area contributed by atoms with Crippen LogP contribution in [-0.4, -0.2) is 35.5 Å². The third kappa shape index (κ3) is 7.86. The van der Waals surface area contributed by atoms with Crippen LogP contribution in [0.5, 0.6) is 0 Å². The predicted molar refractivity (Wildman–Crippen MR) is 140 cm³/mol. The molecule has 0 radical (unpaired) electrons. The Kier molecular flexibility index (Phi) is 8.65. The molecule has 35 heavy (non-hydrogen) atoms. The van der Waals surface area contributed by atoms with Crippen LogP contribution in [0.3, 0.4) is 0 Å². The van der Waals surface area contributed by atoms with E-state index in [1.807, 2.05) is 0 Å². The molecule has 0 atom stereocenters. The molecule has 0 saturated heterocycles. The van der Waals surface area contributed by atoms with Gasteiger partial charge in [-0.05, 0) is 67.1 Å². The number of rotatable bonds is 10. The van der Waals surface area contributed by atoms with Crippen molar-refractivity contribution in [3.05, 3.63) is 82.8 Å². The van der Waals surface area contributed by atoms with Crippen LogP contribution < -0.4 is 14.3 Å². The normalized spacial score (nSPS) is 11.6. The highest BCUT2D eigenvalue weighted by molar-refractivity contribution is 7.92. The average molecular weight is 556 g/mol. The van der Waals surface area contributed by atoms with Gasteiger partial charge >= 0.3 is 0 Å². The molecule has 0 aliphatic carbocycles. The lowest BCUT2D eigenvalue weighted by molar-refractivity contribution is -0.116. The molecular weight excluding hydrogens is 533 g/mol. The number of anilines is 3. The largest absolute Gasteiger partial charge is 0.326 e. The van der Waals surface area contributed by atoms with Crippen molar-refractivity contribution >= 4 is 66.2 Å². The fraction of sp³-hybridized carbons (Fsp3) is 0.174. The minimum atomic E-state index is -3.84. The van der Waals surface area contributed by atoms with Gasteiger partial charge < -0.3 is 5.32 Å². The van der Waals surface area contributed by atoms with Gasteiger partial charge in [-0.3, -0.25) is 13.8 Å². The third-order valence-corrected chi connectivity index (χ3v) is 7.85. The average Bonchev–Trinajstić information content (AvgIpc) is 2.76. The van der Waals surface area contributed by atoms with Crippen molar-refractivity contribution in [2.45, 2.75) is 17.7 Å². The third-order valence-electron chi connectivity index (χ3n) is 4.79. The highest BCUT2D eigenvalue weighted by Crippen LogP contribution is 2.23. The van der Waals surface area contributed by atoms with Gasteiger partial charge in [-0.1, -0.05) is 35.3 Å². The summed E-state index contributed by atoms with van der Waals surface area (Å²) in [6.07, 6.45) is 1.41. The van der Waals surface area contributed by atoms with Gasteiger partial charge in [-0.15, -0.1) is 0 Å². The maximum Gasteiger partial charge on any atom is 0.261 e. The lowest BCUT2D eigenvalue weighted by atomic mass is 10.2. The number of carbonyl (C=O) groups is 1. The molecule has 0 unspecified atom stereocenters. The van der Waals surface area contributed by atoms with Gasteiger partial charge in [0.2, 0.25) is 15.9 Å². The highest BCUT2D eigenvalue weighted by Gasteiger charge is 2.18. The number of halogens is 2. The zero-order valence-electron chi connectivity index (χ0n) is 18.6. The summed E-state index contributed by atoms with van der Waals surface area (Å²) in [7, 11) is -7.40. The second-order valence-electron chi connectivity index (χ2n) is 7.61. The summed E-state index contributed by atoms with van der Waals surface area (Å²) < 4.78 is 53.1. The zero-order valence-corrected chi connectivity index (χ0v) is 21.8. The Hall–Kier alpha value is -2.79. The number of hydrogen-bond donors (Lipinski definition) is 2. The quantitative estimate of drug-likeness (QED) is 0.366. The minimum absolute atomic E-state index is 0.0146. The minimum Gasteiger partial charge on any atom is -0.326 e. The molecule has 12 heteroatoms. The molecule has 0 bridgehead atoms. The summed E-state index contributed by atoms with van der Waals surface area (Å²) in [5.74, 6) is -0.336. The molecule has 3 rings (SSSR count). The number of carbonyl (C=O) groups excluding carboxylic acids is 1. The Morgan fingerprint density at radius 3 is 2.09 bits per heavy atom. The van der Waals surface area contributed by atoms with Crippen LogP contribution in [0.2, 0.25) is 10.0 Å². The fourth-order valence-electron chi connectivity index (χ4n) is 3.21. The van der Waals surface area contributed by atoms with Crippen LogP contribution in [0.25, 0.3) is 0 Å². The van der Waals surface area contributed by atoms with Crippen LogP contribution in [0.15, 0.2) is 77.7 Å². The molecule has 1 amide bonds. The molecule has 0 spiro atoms. The van der Waals surface area contributed by atoms with Crippen LogP contribution >= 0.6 is 23.2 Å². The van der Waals surface area contributed by atoms with Gasteiger partial charge in [0.15, 0.2) is 0 Å². The summed E-state index contributed by atoms with van der Waals surface area (Å²) in [5.41, 5.74) is 1.16. The van der Waals surface area contributed by atoms with Crippen LogP contribution in [0.4, 0.5) is 17.1 Å². The van der Waals surface area contributed by atoms with E-state index in [0.29, 0.717) is 27.1 Å². The van der Waals surface area contributed by atoms with Gasteiger partial charge in [0.25, 0.3) is 10.0 Å². The van der Waals surface area contributed by atoms with Crippen molar-refractivity contribution in [3.63, 3.8) is 0 Å². The first-order valence-corrected chi connectivity index (χ1v) is 14.4. The van der Waals surface area contributed by atoms with Gasteiger partial charge in [0.1, 0.15) is 0 Å². The van der Waals surface area contributed by atoms with E-state index in [1.165, 1.54) is 34.6 Å². The van der Waals surface area contributed by atoms with Crippen molar-refractivity contribution in [1.29, 1.82) is 0 Å². The second-order valence-corrected chi connectivity index (χ2v) is 12.1. The number of hydrogen-bond acceptors (Lipinski definition) is 5. The monoisotopic (exact) mass is 555 g/mol. The lowest BCUT2D eigenvalue weighted by Gasteiger charge is -2.22. The van der Waals surface area contributed by atoms with E-state index in [9.17, 15) is 21.6 Å². The van der Waals surface area contributed by atoms with E-state index in [2.05, 4.69) is 10.0 Å². The van der Waals surface area contributed by atoms with Gasteiger partial charge in [0.05, 0.1) is 22.5 Å². The molecule has 0 aliphatic heterocycles. The van der Waals surface area contributed by atoms with E-state index >= 15 is 0 Å². The molecule has 0 heterocycles. The summed E-state index contributed by atoms with van der Waals surface area (Å²) in [5, 5.41) is 3.48. The molecule has 2 N–H and O–H groups in total. The number of benzene rings is 3. The fourth-order valence-corrected chi connectivity index (χ4v) is 5.59. The molecule has 3 aromatic rings. The van der Waals surface area contributed by atoms with E-state index in [4.69, 9.17) is 23.2 Å². The first-order valence-electron chi connectivity index (χ1n) is 10.4. The molecule has 186 valence electrons. The van der Waals surface area contributed by atoms with Crippen molar-refractivity contribution in [2.75, 3.05) is 27.1 Å². The number of nitrogens with one attached hydrogen (secondary N) is 2. The van der Waals surface area contributed by atoms with Crippen molar-refractivity contribution in [1.82, 2.24) is 0 Å². The van der Waals surface area contributed by atoms with Gasteiger partial charge in [0, 0.05) is 28.7 Å². The number of amides is 1. The topological polar surface area (TPSA) is 113 Å². The summed E-state index contributed by atoms with van der Waals surface area (Å²) in [6.45, 7) is 0.0962. The molecule has 0 aromatic heterocycles. The Morgan fingerprint density at radius 2 is 1.49 bits per heavy atom. The standard InChI is InChI=1S/C23H23Cl2N3O5S2/c1-34(30,31)28(21-8-3-6-18(25)16-21)14-4-9-23(29)26-19-10-12-22(13-11-19)35(32,33)27-20-7-2-5-17(24)15-20/h2-3,5-8,10-13,15-16,27H,4,9,14H2,1H3,(H,26,29).